The van der Waals surface area contributed by atoms with E-state index < -0.39 is 10.6 Å². The minimum atomic E-state index is -0.754. The predicted molar refractivity (Wildman–Crippen MR) is 60.7 cm³/mol. The van der Waals surface area contributed by atoms with Crippen LogP contribution >= 0.6 is 46.4 Å². The van der Waals surface area contributed by atoms with Crippen LogP contribution in [0, 0.1) is 0 Å². The molecule has 0 saturated heterocycles. The monoisotopic (exact) mass is 270 g/mol. The lowest BCUT2D eigenvalue weighted by Crippen LogP contribution is -2.11. The average molecular weight is 272 g/mol. The number of alkyl halides is 1. The van der Waals surface area contributed by atoms with E-state index in [4.69, 9.17) is 46.4 Å². The highest BCUT2D eigenvalue weighted by Gasteiger charge is 2.14. The summed E-state index contributed by atoms with van der Waals surface area (Å²) in [4.78, 5) is 10.7. The van der Waals surface area contributed by atoms with Crippen LogP contribution in [0.15, 0.2) is 18.2 Å². The molecule has 0 aromatic heterocycles. The van der Waals surface area contributed by atoms with E-state index in [-0.39, 0.29) is 0 Å². The molecule has 1 atom stereocenters. The molecule has 5 heteroatoms. The van der Waals surface area contributed by atoms with Gasteiger partial charge in [-0.05, 0) is 35.7 Å². The molecule has 1 aromatic rings. The van der Waals surface area contributed by atoms with E-state index in [0.29, 0.717) is 16.5 Å². The van der Waals surface area contributed by atoms with Gasteiger partial charge in [0.1, 0.15) is 5.38 Å². The first-order valence-electron chi connectivity index (χ1n) is 3.78. The first-order valence-corrected chi connectivity index (χ1v) is 5.35. The Labute approximate surface area is 102 Å². The molecular weight excluding hydrogens is 266 g/mol. The summed E-state index contributed by atoms with van der Waals surface area (Å²) in [5, 5.41) is -0.309. The summed E-state index contributed by atoms with van der Waals surface area (Å²) in [6.07, 6.45) is 0.305. The number of carbonyl (C=O) groups excluding carboxylic acids is 1. The van der Waals surface area contributed by atoms with E-state index in [1.54, 1.807) is 18.2 Å². The Kier molecular flexibility index (Phi) is 4.52. The van der Waals surface area contributed by atoms with Gasteiger partial charge in [0.05, 0.1) is 0 Å². The summed E-state index contributed by atoms with van der Waals surface area (Å²) in [5.74, 6) is 0. The zero-order valence-corrected chi connectivity index (χ0v) is 9.96. The third kappa shape index (κ3) is 3.32. The Morgan fingerprint density at radius 2 is 2.00 bits per heavy atom. The minimum absolute atomic E-state index is 0.305. The van der Waals surface area contributed by atoms with Crippen LogP contribution in [0.5, 0.6) is 0 Å². The molecular formula is C9H6Cl4O. The Bertz CT molecular complexity index is 351. The molecule has 0 aliphatic heterocycles. The van der Waals surface area contributed by atoms with Crippen LogP contribution in [0.25, 0.3) is 0 Å². The summed E-state index contributed by atoms with van der Waals surface area (Å²) < 4.78 is 0. The summed E-state index contributed by atoms with van der Waals surface area (Å²) in [6.45, 7) is 0. The number of halogens is 4. The smallest absolute Gasteiger partial charge is 0.239 e. The predicted octanol–water partition coefficient (Wildman–Crippen LogP) is 3.91. The van der Waals surface area contributed by atoms with Crippen molar-refractivity contribution in [2.75, 3.05) is 0 Å². The lowest BCUT2D eigenvalue weighted by molar-refractivity contribution is -0.111. The zero-order valence-electron chi connectivity index (χ0n) is 6.94. The van der Waals surface area contributed by atoms with Crippen LogP contribution in [0.1, 0.15) is 5.56 Å². The molecule has 0 fully saturated rings. The standard InChI is InChI=1S/C9H6Cl4O/c10-6-2-1-5(7(11)4-6)3-8(12)9(13)14/h1-2,4,8H,3H2. The van der Waals surface area contributed by atoms with Crippen LogP contribution in [0.3, 0.4) is 0 Å². The number of hydrogen-bond acceptors (Lipinski definition) is 1. The Morgan fingerprint density at radius 1 is 1.36 bits per heavy atom. The highest BCUT2D eigenvalue weighted by atomic mass is 35.5. The molecule has 1 nitrogen and oxygen atoms in total. The summed E-state index contributed by atoms with van der Waals surface area (Å²) in [7, 11) is 0. The van der Waals surface area contributed by atoms with E-state index >= 15 is 0 Å². The average Bonchev–Trinajstić information content (AvgIpc) is 2.09. The first-order chi connectivity index (χ1) is 6.50. The van der Waals surface area contributed by atoms with Crippen molar-refractivity contribution in [2.24, 2.45) is 0 Å². The fraction of sp³-hybridized carbons (Fsp3) is 0.222. The molecule has 0 spiro atoms. The molecule has 0 aliphatic rings. The van der Waals surface area contributed by atoms with Crippen LogP contribution in [0.4, 0.5) is 0 Å². The Morgan fingerprint density at radius 3 is 2.50 bits per heavy atom. The van der Waals surface area contributed by atoms with Crippen molar-refractivity contribution in [1.82, 2.24) is 0 Å². The van der Waals surface area contributed by atoms with Crippen molar-refractivity contribution in [3.63, 3.8) is 0 Å². The molecule has 0 heterocycles. The number of rotatable bonds is 3. The van der Waals surface area contributed by atoms with Crippen molar-refractivity contribution in [3.8, 4) is 0 Å². The van der Waals surface area contributed by atoms with Gasteiger partial charge in [0.25, 0.3) is 0 Å². The highest BCUT2D eigenvalue weighted by molar-refractivity contribution is 6.69. The SMILES string of the molecule is O=C(Cl)C(Cl)Cc1ccc(Cl)cc1Cl. The molecule has 76 valence electrons. The van der Waals surface area contributed by atoms with Gasteiger partial charge in [0.15, 0.2) is 0 Å². The van der Waals surface area contributed by atoms with Crippen molar-refractivity contribution < 1.29 is 4.79 Å². The lowest BCUT2D eigenvalue weighted by Gasteiger charge is -2.06. The normalized spacial score (nSPS) is 12.6. The highest BCUT2D eigenvalue weighted by Crippen LogP contribution is 2.23. The molecule has 1 unspecified atom stereocenters. The zero-order chi connectivity index (χ0) is 10.7. The van der Waals surface area contributed by atoms with E-state index in [2.05, 4.69) is 0 Å². The van der Waals surface area contributed by atoms with E-state index in [9.17, 15) is 4.79 Å². The van der Waals surface area contributed by atoms with Gasteiger partial charge in [-0.15, -0.1) is 11.6 Å². The molecule has 0 saturated carbocycles. The van der Waals surface area contributed by atoms with Crippen molar-refractivity contribution in [1.29, 1.82) is 0 Å². The lowest BCUT2D eigenvalue weighted by atomic mass is 10.1. The van der Waals surface area contributed by atoms with E-state index in [1.807, 2.05) is 0 Å². The third-order valence-electron chi connectivity index (χ3n) is 1.66. The van der Waals surface area contributed by atoms with Gasteiger partial charge in [-0.2, -0.15) is 0 Å². The second kappa shape index (κ2) is 5.22. The first kappa shape index (κ1) is 12.1. The minimum Gasteiger partial charge on any atom is -0.280 e. The Balaban J connectivity index is 2.82. The van der Waals surface area contributed by atoms with Crippen LogP contribution in [-0.2, 0) is 11.2 Å². The quantitative estimate of drug-likeness (QED) is 0.602. The molecule has 14 heavy (non-hydrogen) atoms. The number of carbonyl (C=O) groups is 1. The van der Waals surface area contributed by atoms with Gasteiger partial charge in [-0.25, -0.2) is 0 Å². The van der Waals surface area contributed by atoms with Crippen LogP contribution in [0.2, 0.25) is 10.0 Å². The molecule has 0 radical (unpaired) electrons. The van der Waals surface area contributed by atoms with E-state index in [0.717, 1.165) is 5.56 Å². The molecule has 1 aromatic carbocycles. The van der Waals surface area contributed by atoms with Gasteiger partial charge in [0.2, 0.25) is 5.24 Å². The summed E-state index contributed by atoms with van der Waals surface area (Å²) in [5.41, 5.74) is 0.755. The van der Waals surface area contributed by atoms with Gasteiger partial charge >= 0.3 is 0 Å². The number of benzene rings is 1. The second-order valence-electron chi connectivity index (χ2n) is 2.71. The molecule has 0 bridgehead atoms. The third-order valence-corrected chi connectivity index (χ3v) is 2.98. The number of hydrogen-bond donors (Lipinski definition) is 0. The largest absolute Gasteiger partial charge is 0.280 e. The molecule has 0 N–H and O–H groups in total. The van der Waals surface area contributed by atoms with Gasteiger partial charge in [-0.3, -0.25) is 4.79 Å². The fourth-order valence-corrected chi connectivity index (χ4v) is 1.69. The molecule has 0 amide bonds. The van der Waals surface area contributed by atoms with Crippen molar-refractivity contribution in [3.05, 3.63) is 33.8 Å². The second-order valence-corrected chi connectivity index (χ2v) is 4.45. The van der Waals surface area contributed by atoms with E-state index in [1.165, 1.54) is 0 Å². The molecule has 0 aliphatic carbocycles. The maximum Gasteiger partial charge on any atom is 0.239 e. The van der Waals surface area contributed by atoms with Gasteiger partial charge in [0, 0.05) is 10.0 Å². The summed E-state index contributed by atoms with van der Waals surface area (Å²) >= 11 is 22.5. The van der Waals surface area contributed by atoms with Crippen molar-refractivity contribution in [2.45, 2.75) is 11.8 Å². The van der Waals surface area contributed by atoms with Crippen LogP contribution in [-0.4, -0.2) is 10.6 Å². The fourth-order valence-electron chi connectivity index (χ4n) is 0.961. The topological polar surface area (TPSA) is 17.1 Å². The van der Waals surface area contributed by atoms with Gasteiger partial charge < -0.3 is 0 Å². The maximum absolute atomic E-state index is 10.7. The van der Waals surface area contributed by atoms with Crippen LogP contribution < -0.4 is 0 Å². The Hall–Kier alpha value is 0.0500. The molecule has 1 rings (SSSR count). The summed E-state index contributed by atoms with van der Waals surface area (Å²) in [6, 6.07) is 5.01. The van der Waals surface area contributed by atoms with Gasteiger partial charge in [-0.1, -0.05) is 29.3 Å². The maximum atomic E-state index is 10.7. The van der Waals surface area contributed by atoms with Crippen molar-refractivity contribution >= 4 is 51.6 Å².